The molecule has 0 aliphatic rings. The van der Waals surface area contributed by atoms with Crippen molar-refractivity contribution in [3.8, 4) is 0 Å². The lowest BCUT2D eigenvalue weighted by atomic mass is 10.2. The van der Waals surface area contributed by atoms with Gasteiger partial charge in [0, 0.05) is 26.2 Å². The highest BCUT2D eigenvalue weighted by atomic mass is 32.2. The Morgan fingerprint density at radius 3 is 2.25 bits per heavy atom. The lowest BCUT2D eigenvalue weighted by molar-refractivity contribution is 0.294. The zero-order chi connectivity index (χ0) is 15.6. The van der Waals surface area contributed by atoms with Crippen LogP contribution in [0, 0.1) is 0 Å². The maximum Gasteiger partial charge on any atom is 0.281 e. The minimum atomic E-state index is -3.33. The third kappa shape index (κ3) is 6.52. The molecule has 0 aliphatic carbocycles. The fourth-order valence-corrected chi connectivity index (χ4v) is 3.66. The molecule has 1 unspecified atom stereocenters. The van der Waals surface area contributed by atoms with Gasteiger partial charge in [-0.05, 0) is 39.3 Å². The first-order valence-electron chi connectivity index (χ1n) is 7.85. The van der Waals surface area contributed by atoms with Crippen LogP contribution in [0.5, 0.6) is 0 Å². The van der Waals surface area contributed by atoms with Gasteiger partial charge in [-0.2, -0.15) is 17.0 Å². The van der Waals surface area contributed by atoms with E-state index in [0.717, 1.165) is 38.8 Å². The number of nitrogens with zero attached hydrogens (tertiary/aromatic N) is 2. The van der Waals surface area contributed by atoms with Crippen LogP contribution in [0.1, 0.15) is 53.4 Å². The van der Waals surface area contributed by atoms with Crippen molar-refractivity contribution in [2.75, 3.05) is 33.2 Å². The van der Waals surface area contributed by atoms with Gasteiger partial charge >= 0.3 is 0 Å². The van der Waals surface area contributed by atoms with Crippen LogP contribution in [0.25, 0.3) is 0 Å². The van der Waals surface area contributed by atoms with Crippen LogP contribution in [-0.2, 0) is 10.2 Å². The minimum absolute atomic E-state index is 0.0581. The second kappa shape index (κ2) is 10.5. The van der Waals surface area contributed by atoms with Crippen molar-refractivity contribution in [2.24, 2.45) is 0 Å². The van der Waals surface area contributed by atoms with Gasteiger partial charge in [0.2, 0.25) is 0 Å². The SMILES string of the molecule is CCCCN(C(C)CC)S(=O)(=O)N(C)CCCNCC. The lowest BCUT2D eigenvalue weighted by Gasteiger charge is -2.31. The molecule has 0 rings (SSSR count). The molecule has 0 bridgehead atoms. The smallest absolute Gasteiger partial charge is 0.281 e. The molecule has 6 heteroatoms. The largest absolute Gasteiger partial charge is 0.317 e. The summed E-state index contributed by atoms with van der Waals surface area (Å²) in [6.07, 6.45) is 3.60. The predicted octanol–water partition coefficient (Wildman–Crippen LogP) is 2.06. The van der Waals surface area contributed by atoms with E-state index in [1.165, 1.54) is 4.31 Å². The van der Waals surface area contributed by atoms with E-state index in [4.69, 9.17) is 0 Å². The molecule has 20 heavy (non-hydrogen) atoms. The van der Waals surface area contributed by atoms with Crippen LogP contribution in [0.2, 0.25) is 0 Å². The van der Waals surface area contributed by atoms with Crippen LogP contribution in [-0.4, -0.2) is 56.3 Å². The Kier molecular flexibility index (Phi) is 10.5. The Morgan fingerprint density at radius 1 is 1.10 bits per heavy atom. The highest BCUT2D eigenvalue weighted by Crippen LogP contribution is 2.15. The van der Waals surface area contributed by atoms with Crippen LogP contribution in [0.4, 0.5) is 0 Å². The van der Waals surface area contributed by atoms with Crippen molar-refractivity contribution in [3.05, 3.63) is 0 Å². The first kappa shape index (κ1) is 19.8. The number of hydrogen-bond donors (Lipinski definition) is 1. The maximum atomic E-state index is 12.6. The molecule has 0 saturated heterocycles. The highest BCUT2D eigenvalue weighted by Gasteiger charge is 2.29. The van der Waals surface area contributed by atoms with Crippen LogP contribution in [0.3, 0.4) is 0 Å². The van der Waals surface area contributed by atoms with Crippen molar-refractivity contribution in [2.45, 2.75) is 59.4 Å². The topological polar surface area (TPSA) is 52.7 Å². The molecule has 0 fully saturated rings. The van der Waals surface area contributed by atoms with Gasteiger partial charge < -0.3 is 5.32 Å². The number of rotatable bonds is 12. The summed E-state index contributed by atoms with van der Waals surface area (Å²) in [7, 11) is -1.65. The quantitative estimate of drug-likeness (QED) is 0.562. The molecule has 5 nitrogen and oxygen atoms in total. The van der Waals surface area contributed by atoms with Gasteiger partial charge in [0.25, 0.3) is 10.2 Å². The Bertz CT molecular complexity index is 333. The van der Waals surface area contributed by atoms with E-state index in [-0.39, 0.29) is 6.04 Å². The standard InChI is InChI=1S/C14H33N3O2S/c1-6-9-13-17(14(4)7-2)20(18,19)16(5)12-10-11-15-8-3/h14-15H,6-13H2,1-5H3. The molecular formula is C14H33N3O2S. The van der Waals surface area contributed by atoms with E-state index >= 15 is 0 Å². The summed E-state index contributed by atoms with van der Waals surface area (Å²) in [5, 5.41) is 3.22. The highest BCUT2D eigenvalue weighted by molar-refractivity contribution is 7.86. The normalized spacial score (nSPS) is 14.2. The number of hydrogen-bond acceptors (Lipinski definition) is 3. The van der Waals surface area contributed by atoms with E-state index in [2.05, 4.69) is 19.2 Å². The van der Waals surface area contributed by atoms with Crippen molar-refractivity contribution >= 4 is 10.2 Å². The molecule has 0 aromatic heterocycles. The Balaban J connectivity index is 4.65. The monoisotopic (exact) mass is 307 g/mol. The summed E-state index contributed by atoms with van der Waals surface area (Å²) in [6.45, 7) is 11.1. The third-order valence-electron chi connectivity index (χ3n) is 3.58. The molecule has 0 saturated carbocycles. The van der Waals surface area contributed by atoms with Gasteiger partial charge in [0.1, 0.15) is 0 Å². The summed E-state index contributed by atoms with van der Waals surface area (Å²) < 4.78 is 28.4. The van der Waals surface area contributed by atoms with E-state index < -0.39 is 10.2 Å². The second-order valence-electron chi connectivity index (χ2n) is 5.26. The van der Waals surface area contributed by atoms with E-state index in [1.807, 2.05) is 13.8 Å². The predicted molar refractivity (Wildman–Crippen MR) is 86.1 cm³/mol. The molecule has 0 aromatic carbocycles. The Labute approximate surface area is 125 Å². The molecule has 0 heterocycles. The Morgan fingerprint density at radius 2 is 1.75 bits per heavy atom. The van der Waals surface area contributed by atoms with Gasteiger partial charge in [0.15, 0.2) is 0 Å². The molecule has 0 radical (unpaired) electrons. The number of nitrogens with one attached hydrogen (secondary N) is 1. The van der Waals surface area contributed by atoms with E-state index in [0.29, 0.717) is 13.1 Å². The average molecular weight is 308 g/mol. The first-order valence-corrected chi connectivity index (χ1v) is 9.25. The van der Waals surface area contributed by atoms with Crippen LogP contribution in [0.15, 0.2) is 0 Å². The fourth-order valence-electron chi connectivity index (χ4n) is 1.98. The van der Waals surface area contributed by atoms with E-state index in [9.17, 15) is 8.42 Å². The van der Waals surface area contributed by atoms with Crippen molar-refractivity contribution in [1.82, 2.24) is 13.9 Å². The molecule has 1 atom stereocenters. The first-order chi connectivity index (χ1) is 9.41. The Hall–Kier alpha value is -0.170. The minimum Gasteiger partial charge on any atom is -0.317 e. The molecule has 0 aromatic rings. The molecule has 0 spiro atoms. The molecule has 1 N–H and O–H groups in total. The number of unbranched alkanes of at least 4 members (excludes halogenated alkanes) is 1. The van der Waals surface area contributed by atoms with E-state index in [1.54, 1.807) is 11.4 Å². The maximum absolute atomic E-state index is 12.6. The lowest BCUT2D eigenvalue weighted by Crippen LogP contribution is -2.47. The summed E-state index contributed by atoms with van der Waals surface area (Å²) in [5.74, 6) is 0. The molecule has 122 valence electrons. The second-order valence-corrected chi connectivity index (χ2v) is 7.25. The summed E-state index contributed by atoms with van der Waals surface area (Å²) in [4.78, 5) is 0. The summed E-state index contributed by atoms with van der Waals surface area (Å²) in [6, 6.07) is 0.0581. The van der Waals surface area contributed by atoms with Gasteiger partial charge in [-0.1, -0.05) is 27.2 Å². The molecular weight excluding hydrogens is 274 g/mol. The zero-order valence-electron chi connectivity index (χ0n) is 13.9. The molecule has 0 aliphatic heterocycles. The van der Waals surface area contributed by atoms with Gasteiger partial charge in [-0.3, -0.25) is 0 Å². The molecule has 0 amide bonds. The fraction of sp³-hybridized carbons (Fsp3) is 1.00. The van der Waals surface area contributed by atoms with Gasteiger partial charge in [-0.15, -0.1) is 0 Å². The van der Waals surface area contributed by atoms with Gasteiger partial charge in [-0.25, -0.2) is 0 Å². The summed E-state index contributed by atoms with van der Waals surface area (Å²) in [5.41, 5.74) is 0. The third-order valence-corrected chi connectivity index (χ3v) is 5.69. The van der Waals surface area contributed by atoms with Crippen molar-refractivity contribution in [3.63, 3.8) is 0 Å². The zero-order valence-corrected chi connectivity index (χ0v) is 14.7. The van der Waals surface area contributed by atoms with Crippen molar-refractivity contribution in [1.29, 1.82) is 0 Å². The van der Waals surface area contributed by atoms with Crippen LogP contribution >= 0.6 is 0 Å². The van der Waals surface area contributed by atoms with Gasteiger partial charge in [0.05, 0.1) is 0 Å². The summed E-state index contributed by atoms with van der Waals surface area (Å²) >= 11 is 0. The van der Waals surface area contributed by atoms with Crippen LogP contribution < -0.4 is 5.32 Å². The van der Waals surface area contributed by atoms with Crippen molar-refractivity contribution < 1.29 is 8.42 Å². The average Bonchev–Trinajstić information content (AvgIpc) is 2.43.